The number of rotatable bonds is 4. The largest absolute Gasteiger partial charge is 0.482 e. The summed E-state index contributed by atoms with van der Waals surface area (Å²) in [6, 6.07) is 9.13. The first-order valence-corrected chi connectivity index (χ1v) is 8.48. The minimum Gasteiger partial charge on any atom is -0.482 e. The van der Waals surface area contributed by atoms with Crippen LogP contribution in [0.25, 0.3) is 0 Å². The lowest BCUT2D eigenvalue weighted by molar-refractivity contribution is -0.123. The monoisotopic (exact) mass is 346 g/mol. The summed E-state index contributed by atoms with van der Waals surface area (Å²) in [7, 11) is 0. The third-order valence-electron chi connectivity index (χ3n) is 4.11. The first kappa shape index (κ1) is 18.0. The molecule has 0 saturated heterocycles. The third-order valence-corrected chi connectivity index (χ3v) is 4.33. The van der Waals surface area contributed by atoms with Gasteiger partial charge in [-0.25, -0.2) is 0 Å². The Hall–Kier alpha value is -2.33. The van der Waals surface area contributed by atoms with Gasteiger partial charge in [0.05, 0.1) is 5.56 Å². The van der Waals surface area contributed by atoms with Gasteiger partial charge in [-0.3, -0.25) is 15.6 Å². The Balaban J connectivity index is 1.71. The molecule has 0 heterocycles. The second-order valence-electron chi connectivity index (χ2n) is 5.91. The Labute approximate surface area is 147 Å². The first-order valence-electron chi connectivity index (χ1n) is 8.07. The van der Waals surface area contributed by atoms with Crippen molar-refractivity contribution in [3.8, 4) is 11.8 Å². The number of carbonyl (C=O) groups is 1. The van der Waals surface area contributed by atoms with Crippen molar-refractivity contribution in [2.75, 3.05) is 6.61 Å². The van der Waals surface area contributed by atoms with Crippen LogP contribution in [0.2, 0.25) is 0 Å². The average Bonchev–Trinajstić information content (AvgIpc) is 2.60. The van der Waals surface area contributed by atoms with Gasteiger partial charge in [-0.05, 0) is 43.1 Å². The maximum atomic E-state index is 11.8. The van der Waals surface area contributed by atoms with Crippen molar-refractivity contribution in [3.05, 3.63) is 29.8 Å². The van der Waals surface area contributed by atoms with Gasteiger partial charge < -0.3 is 10.1 Å². The molecule has 0 aromatic heterocycles. The highest BCUT2D eigenvalue weighted by atomic mass is 32.1. The molecule has 0 spiro atoms. The summed E-state index contributed by atoms with van der Waals surface area (Å²) in [5, 5.41) is 12.6. The zero-order valence-electron chi connectivity index (χ0n) is 13.7. The number of benzene rings is 1. The van der Waals surface area contributed by atoms with Crippen molar-refractivity contribution in [2.45, 2.75) is 38.6 Å². The number of nitrogens with one attached hydrogen (secondary N) is 3. The lowest BCUT2D eigenvalue weighted by Crippen LogP contribution is -2.52. The van der Waals surface area contributed by atoms with Gasteiger partial charge in [0.25, 0.3) is 5.91 Å². The number of nitrogens with zero attached hydrogens (tertiary/aromatic N) is 1. The predicted molar refractivity (Wildman–Crippen MR) is 95.1 cm³/mol. The van der Waals surface area contributed by atoms with Gasteiger partial charge in [-0.15, -0.1) is 0 Å². The minimum atomic E-state index is -0.372. The van der Waals surface area contributed by atoms with Crippen LogP contribution in [0.3, 0.4) is 0 Å². The predicted octanol–water partition coefficient (Wildman–Crippen LogP) is 2.01. The second kappa shape index (κ2) is 9.08. The number of amides is 1. The summed E-state index contributed by atoms with van der Waals surface area (Å²) in [4.78, 5) is 11.8. The molecule has 0 aliphatic heterocycles. The fourth-order valence-corrected chi connectivity index (χ4v) is 2.93. The zero-order valence-corrected chi connectivity index (χ0v) is 14.5. The van der Waals surface area contributed by atoms with Crippen molar-refractivity contribution in [2.24, 2.45) is 5.92 Å². The molecule has 1 aliphatic carbocycles. The van der Waals surface area contributed by atoms with Crippen molar-refractivity contribution in [1.29, 1.82) is 5.26 Å². The lowest BCUT2D eigenvalue weighted by atomic mass is 9.86. The van der Waals surface area contributed by atoms with Crippen LogP contribution in [0.15, 0.2) is 24.3 Å². The Morgan fingerprint density at radius 3 is 2.83 bits per heavy atom. The molecule has 128 valence electrons. The highest BCUT2D eigenvalue weighted by Crippen LogP contribution is 2.23. The van der Waals surface area contributed by atoms with E-state index < -0.39 is 0 Å². The van der Waals surface area contributed by atoms with E-state index in [1.54, 1.807) is 24.3 Å². The maximum absolute atomic E-state index is 11.8. The summed E-state index contributed by atoms with van der Waals surface area (Å²) in [5.74, 6) is 0.579. The molecule has 1 aliphatic rings. The molecular formula is C17H22N4O2S. The summed E-state index contributed by atoms with van der Waals surface area (Å²) in [6.45, 7) is 2.01. The van der Waals surface area contributed by atoms with E-state index in [9.17, 15) is 4.79 Å². The second-order valence-corrected chi connectivity index (χ2v) is 6.32. The molecule has 6 nitrogen and oxygen atoms in total. The van der Waals surface area contributed by atoms with Gasteiger partial charge >= 0.3 is 0 Å². The van der Waals surface area contributed by atoms with Crippen molar-refractivity contribution >= 4 is 23.2 Å². The molecule has 0 radical (unpaired) electrons. The highest BCUT2D eigenvalue weighted by Gasteiger charge is 2.21. The molecule has 1 aromatic rings. The third kappa shape index (κ3) is 5.39. The van der Waals surface area contributed by atoms with E-state index in [4.69, 9.17) is 22.2 Å². The standard InChI is InChI=1S/C17H22N4O2S/c1-12-6-2-4-8-14(12)19-17(24)21-20-16(22)11-23-15-9-5-3-7-13(15)10-18/h3,5,7,9,12,14H,2,4,6,8,11H2,1H3,(H,20,22)(H2,19,21,24)/t12-,14-/m1/s1. The van der Waals surface area contributed by atoms with Crippen LogP contribution in [0.4, 0.5) is 0 Å². The molecule has 2 rings (SSSR count). The first-order chi connectivity index (χ1) is 11.6. The molecule has 3 N–H and O–H groups in total. The Morgan fingerprint density at radius 1 is 1.33 bits per heavy atom. The van der Waals surface area contributed by atoms with Crippen molar-refractivity contribution < 1.29 is 9.53 Å². The number of carbonyl (C=O) groups excluding carboxylic acids is 1. The molecule has 1 aromatic carbocycles. The average molecular weight is 346 g/mol. The molecule has 7 heteroatoms. The number of hydrogen-bond donors (Lipinski definition) is 3. The van der Waals surface area contributed by atoms with Crippen LogP contribution < -0.4 is 20.9 Å². The normalized spacial score (nSPS) is 19.7. The molecule has 1 fully saturated rings. The number of thiocarbonyl (C=S) groups is 1. The Bertz CT molecular complexity index is 629. The van der Waals surface area contributed by atoms with Crippen LogP contribution >= 0.6 is 12.2 Å². The molecule has 0 unspecified atom stereocenters. The Kier molecular flexibility index (Phi) is 6.82. The molecule has 2 atom stereocenters. The topological polar surface area (TPSA) is 86.2 Å². The van der Waals surface area contributed by atoms with Gasteiger partial charge in [-0.1, -0.05) is 31.9 Å². The van der Waals surface area contributed by atoms with Gasteiger partial charge in [0, 0.05) is 6.04 Å². The summed E-state index contributed by atoms with van der Waals surface area (Å²) in [5.41, 5.74) is 5.58. The molecule has 1 saturated carbocycles. The summed E-state index contributed by atoms with van der Waals surface area (Å²) < 4.78 is 5.35. The fraction of sp³-hybridized carbons (Fsp3) is 0.471. The minimum absolute atomic E-state index is 0.200. The van der Waals surface area contributed by atoms with E-state index in [0.29, 0.717) is 28.4 Å². The SMILES string of the molecule is C[C@@H]1CCCC[C@H]1NC(=S)NNC(=O)COc1ccccc1C#N. The van der Waals surface area contributed by atoms with E-state index in [2.05, 4.69) is 23.1 Å². The number of nitriles is 1. The number of ether oxygens (including phenoxy) is 1. The summed E-state index contributed by atoms with van der Waals surface area (Å²) in [6.07, 6.45) is 4.74. The van der Waals surface area contributed by atoms with E-state index in [1.807, 2.05) is 6.07 Å². The molecular weight excluding hydrogens is 324 g/mol. The lowest BCUT2D eigenvalue weighted by Gasteiger charge is -2.30. The van der Waals surface area contributed by atoms with E-state index in [-0.39, 0.29) is 12.5 Å². The smallest absolute Gasteiger partial charge is 0.276 e. The van der Waals surface area contributed by atoms with Gasteiger partial charge in [-0.2, -0.15) is 5.26 Å². The van der Waals surface area contributed by atoms with Crippen molar-refractivity contribution in [3.63, 3.8) is 0 Å². The highest BCUT2D eigenvalue weighted by molar-refractivity contribution is 7.80. The van der Waals surface area contributed by atoms with Crippen LogP contribution in [-0.2, 0) is 4.79 Å². The molecule has 0 bridgehead atoms. The number of hydrogen-bond acceptors (Lipinski definition) is 4. The Morgan fingerprint density at radius 2 is 2.08 bits per heavy atom. The fourth-order valence-electron chi connectivity index (χ4n) is 2.73. The van der Waals surface area contributed by atoms with Crippen LogP contribution in [-0.4, -0.2) is 23.7 Å². The maximum Gasteiger partial charge on any atom is 0.276 e. The summed E-state index contributed by atoms with van der Waals surface area (Å²) >= 11 is 5.20. The van der Waals surface area contributed by atoms with E-state index in [0.717, 1.165) is 6.42 Å². The number of hydrazine groups is 1. The van der Waals surface area contributed by atoms with E-state index >= 15 is 0 Å². The molecule has 1 amide bonds. The number of para-hydroxylation sites is 1. The van der Waals surface area contributed by atoms with Gasteiger partial charge in [0.2, 0.25) is 0 Å². The van der Waals surface area contributed by atoms with Crippen LogP contribution in [0.5, 0.6) is 5.75 Å². The van der Waals surface area contributed by atoms with Crippen molar-refractivity contribution in [1.82, 2.24) is 16.2 Å². The molecule has 24 heavy (non-hydrogen) atoms. The van der Waals surface area contributed by atoms with E-state index in [1.165, 1.54) is 19.3 Å². The quantitative estimate of drug-likeness (QED) is 0.571. The zero-order chi connectivity index (χ0) is 17.4. The van der Waals surface area contributed by atoms with Crippen LogP contribution in [0.1, 0.15) is 38.2 Å². The van der Waals surface area contributed by atoms with Crippen LogP contribution in [0, 0.1) is 17.2 Å². The van der Waals surface area contributed by atoms with Gasteiger partial charge in [0.15, 0.2) is 11.7 Å². The van der Waals surface area contributed by atoms with Gasteiger partial charge in [0.1, 0.15) is 11.8 Å².